The summed E-state index contributed by atoms with van der Waals surface area (Å²) in [6.45, 7) is 11.3. The van der Waals surface area contributed by atoms with Crippen molar-refractivity contribution in [1.82, 2.24) is 5.01 Å². The number of nitrogens with zero attached hydrogens (tertiary/aromatic N) is 1. The van der Waals surface area contributed by atoms with Crippen LogP contribution in [0.4, 0.5) is 0 Å². The summed E-state index contributed by atoms with van der Waals surface area (Å²) in [5.74, 6) is 7.60. The molecule has 0 aromatic heterocycles. The van der Waals surface area contributed by atoms with Crippen LogP contribution >= 0.6 is 0 Å². The minimum atomic E-state index is 0.577. The summed E-state index contributed by atoms with van der Waals surface area (Å²) in [7, 11) is 1.88. The predicted molar refractivity (Wildman–Crippen MR) is 63.5 cm³/mol. The quantitative estimate of drug-likeness (QED) is 0.543. The van der Waals surface area contributed by atoms with E-state index in [1.54, 1.807) is 5.01 Å². The number of rotatable bonds is 5. The fourth-order valence-electron chi connectivity index (χ4n) is 2.00. The molecule has 0 aromatic rings. The minimum absolute atomic E-state index is 0.577. The largest absolute Gasteiger partial charge is 0.321 e. The van der Waals surface area contributed by atoms with Crippen molar-refractivity contribution in [3.8, 4) is 0 Å². The van der Waals surface area contributed by atoms with Gasteiger partial charge < -0.3 is 5.01 Å². The number of hydrazine groups is 1. The third-order valence-electron chi connectivity index (χ3n) is 2.69. The lowest BCUT2D eigenvalue weighted by Crippen LogP contribution is -2.23. The van der Waals surface area contributed by atoms with Gasteiger partial charge in [-0.05, 0) is 29.7 Å². The Kier molecular flexibility index (Phi) is 5.86. The molecule has 0 bridgehead atoms. The molecule has 0 rings (SSSR count). The zero-order valence-electron chi connectivity index (χ0n) is 10.5. The monoisotopic (exact) mass is 198 g/mol. The average molecular weight is 198 g/mol. The van der Waals surface area contributed by atoms with Crippen LogP contribution in [0.15, 0.2) is 11.8 Å². The van der Waals surface area contributed by atoms with Crippen LogP contribution < -0.4 is 5.84 Å². The zero-order chi connectivity index (χ0) is 11.3. The van der Waals surface area contributed by atoms with Crippen molar-refractivity contribution in [2.45, 2.75) is 41.0 Å². The lowest BCUT2D eigenvalue weighted by molar-refractivity contribution is 0.379. The van der Waals surface area contributed by atoms with Gasteiger partial charge in [-0.25, -0.2) is 5.84 Å². The van der Waals surface area contributed by atoms with E-state index >= 15 is 0 Å². The summed E-state index contributed by atoms with van der Waals surface area (Å²) < 4.78 is 0. The molecule has 0 aliphatic rings. The van der Waals surface area contributed by atoms with Gasteiger partial charge in [0.2, 0.25) is 0 Å². The molecule has 1 atom stereocenters. The molecule has 0 spiro atoms. The van der Waals surface area contributed by atoms with Gasteiger partial charge in [-0.1, -0.05) is 34.6 Å². The summed E-state index contributed by atoms with van der Waals surface area (Å²) in [5.41, 5.74) is 1.47. The SMILES string of the molecule is CCC(/C(=C\N(C)N)C(C)C)C(C)C. The minimum Gasteiger partial charge on any atom is -0.321 e. The van der Waals surface area contributed by atoms with Crippen molar-refractivity contribution in [3.63, 3.8) is 0 Å². The second-order valence-electron chi connectivity index (χ2n) is 4.71. The Morgan fingerprint density at radius 2 is 1.79 bits per heavy atom. The van der Waals surface area contributed by atoms with Crippen LogP contribution in [0.3, 0.4) is 0 Å². The highest BCUT2D eigenvalue weighted by molar-refractivity contribution is 5.09. The Morgan fingerprint density at radius 3 is 2.00 bits per heavy atom. The second kappa shape index (κ2) is 6.07. The van der Waals surface area contributed by atoms with Gasteiger partial charge in [-0.3, -0.25) is 0 Å². The van der Waals surface area contributed by atoms with E-state index in [4.69, 9.17) is 5.84 Å². The van der Waals surface area contributed by atoms with Crippen molar-refractivity contribution in [3.05, 3.63) is 11.8 Å². The standard InChI is InChI=1S/C12H26N2/c1-7-11(9(2)3)12(10(4)5)8-14(6)13/h8-11H,7,13H2,1-6H3/b12-8-. The van der Waals surface area contributed by atoms with Crippen LogP contribution in [0.2, 0.25) is 0 Å². The highest BCUT2D eigenvalue weighted by atomic mass is 15.4. The first kappa shape index (κ1) is 13.5. The number of hydrogen-bond donors (Lipinski definition) is 1. The van der Waals surface area contributed by atoms with Crippen molar-refractivity contribution in [1.29, 1.82) is 0 Å². The first-order valence-corrected chi connectivity index (χ1v) is 5.59. The van der Waals surface area contributed by atoms with E-state index in [9.17, 15) is 0 Å². The van der Waals surface area contributed by atoms with Crippen molar-refractivity contribution in [2.75, 3.05) is 7.05 Å². The summed E-state index contributed by atoms with van der Waals surface area (Å²) in [5, 5.41) is 1.67. The van der Waals surface area contributed by atoms with E-state index < -0.39 is 0 Å². The van der Waals surface area contributed by atoms with Gasteiger partial charge in [0.15, 0.2) is 0 Å². The molecule has 1 unspecified atom stereocenters. The van der Waals surface area contributed by atoms with E-state index in [2.05, 4.69) is 40.8 Å². The van der Waals surface area contributed by atoms with Crippen molar-refractivity contribution >= 4 is 0 Å². The maximum Gasteiger partial charge on any atom is 0.0222 e. The summed E-state index contributed by atoms with van der Waals surface area (Å²) in [4.78, 5) is 0. The molecule has 2 heteroatoms. The maximum atomic E-state index is 5.68. The Hall–Kier alpha value is -0.500. The van der Waals surface area contributed by atoms with Crippen LogP contribution in [0.1, 0.15) is 41.0 Å². The first-order valence-electron chi connectivity index (χ1n) is 5.59. The molecule has 2 nitrogen and oxygen atoms in total. The topological polar surface area (TPSA) is 29.3 Å². The molecule has 0 aromatic carbocycles. The highest BCUT2D eigenvalue weighted by Gasteiger charge is 2.19. The van der Waals surface area contributed by atoms with Gasteiger partial charge in [0, 0.05) is 13.2 Å². The van der Waals surface area contributed by atoms with Crippen LogP contribution in [0.25, 0.3) is 0 Å². The molecule has 14 heavy (non-hydrogen) atoms. The van der Waals surface area contributed by atoms with E-state index in [1.165, 1.54) is 12.0 Å². The Bertz CT molecular complexity index is 181. The van der Waals surface area contributed by atoms with E-state index in [-0.39, 0.29) is 0 Å². The number of hydrogen-bond acceptors (Lipinski definition) is 2. The molecule has 0 amide bonds. The van der Waals surface area contributed by atoms with Gasteiger partial charge in [0.05, 0.1) is 0 Å². The van der Waals surface area contributed by atoms with Crippen LogP contribution in [0, 0.1) is 17.8 Å². The Balaban J connectivity index is 4.79. The van der Waals surface area contributed by atoms with Gasteiger partial charge in [-0.15, -0.1) is 0 Å². The van der Waals surface area contributed by atoms with Crippen molar-refractivity contribution < 1.29 is 0 Å². The van der Waals surface area contributed by atoms with Gasteiger partial charge in [-0.2, -0.15) is 0 Å². The van der Waals surface area contributed by atoms with Crippen LogP contribution in [0.5, 0.6) is 0 Å². The van der Waals surface area contributed by atoms with Crippen LogP contribution in [-0.4, -0.2) is 12.1 Å². The molecule has 0 radical (unpaired) electrons. The summed E-state index contributed by atoms with van der Waals surface area (Å²) in [6.07, 6.45) is 3.27. The molecule has 84 valence electrons. The van der Waals surface area contributed by atoms with Gasteiger partial charge in [0.25, 0.3) is 0 Å². The normalized spacial score (nSPS) is 15.1. The molecular formula is C12H26N2. The molecular weight excluding hydrogens is 172 g/mol. The number of nitrogens with two attached hydrogens (primary N) is 1. The summed E-state index contributed by atoms with van der Waals surface area (Å²) >= 11 is 0. The third kappa shape index (κ3) is 4.14. The van der Waals surface area contributed by atoms with Crippen molar-refractivity contribution in [2.24, 2.45) is 23.6 Å². The van der Waals surface area contributed by atoms with E-state index in [1.807, 2.05) is 7.05 Å². The summed E-state index contributed by atoms with van der Waals surface area (Å²) in [6, 6.07) is 0. The van der Waals surface area contributed by atoms with E-state index in [0.29, 0.717) is 17.8 Å². The average Bonchev–Trinajstić information content (AvgIpc) is 2.02. The van der Waals surface area contributed by atoms with E-state index in [0.717, 1.165) is 0 Å². The molecule has 2 N–H and O–H groups in total. The lowest BCUT2D eigenvalue weighted by Gasteiger charge is -2.26. The molecule has 0 fully saturated rings. The zero-order valence-corrected chi connectivity index (χ0v) is 10.5. The molecule has 0 aliphatic heterocycles. The lowest BCUT2D eigenvalue weighted by atomic mass is 9.81. The fourth-order valence-corrected chi connectivity index (χ4v) is 2.00. The fraction of sp³-hybridized carbons (Fsp3) is 0.833. The molecule has 0 saturated carbocycles. The van der Waals surface area contributed by atoms with Gasteiger partial charge in [0.1, 0.15) is 0 Å². The number of allylic oxidation sites excluding steroid dienone is 1. The molecule has 0 aliphatic carbocycles. The Morgan fingerprint density at radius 1 is 1.29 bits per heavy atom. The highest BCUT2D eigenvalue weighted by Crippen LogP contribution is 2.29. The predicted octanol–water partition coefficient (Wildman–Crippen LogP) is 3.01. The Labute approximate surface area is 89.1 Å². The van der Waals surface area contributed by atoms with Gasteiger partial charge >= 0.3 is 0 Å². The second-order valence-corrected chi connectivity index (χ2v) is 4.71. The maximum absolute atomic E-state index is 5.68. The molecule has 0 heterocycles. The first-order chi connectivity index (χ1) is 6.40. The molecule has 0 saturated heterocycles. The smallest absolute Gasteiger partial charge is 0.0222 e. The van der Waals surface area contributed by atoms with Crippen LogP contribution in [-0.2, 0) is 0 Å². The third-order valence-corrected chi connectivity index (χ3v) is 2.69.